The fourth-order valence-corrected chi connectivity index (χ4v) is 1.95. The van der Waals surface area contributed by atoms with Crippen molar-refractivity contribution in [2.45, 2.75) is 19.9 Å². The fraction of sp³-hybridized carbons (Fsp3) is 0.286. The highest BCUT2D eigenvalue weighted by atomic mass is 15.1. The third kappa shape index (κ3) is 2.77. The predicted molar refractivity (Wildman–Crippen MR) is 74.8 cm³/mol. The van der Waals surface area contributed by atoms with Crippen LogP contribution in [-0.4, -0.2) is 17.0 Å². The molecule has 0 aliphatic carbocycles. The Kier molecular flexibility index (Phi) is 3.77. The van der Waals surface area contributed by atoms with E-state index >= 15 is 0 Å². The smallest absolute Gasteiger partial charge is 0.131 e. The first kappa shape index (κ1) is 12.4. The van der Waals surface area contributed by atoms with Gasteiger partial charge in [0.1, 0.15) is 18.0 Å². The van der Waals surface area contributed by atoms with Gasteiger partial charge in [-0.1, -0.05) is 24.3 Å². The minimum absolute atomic E-state index is 0.214. The molecule has 0 bridgehead atoms. The molecule has 2 rings (SSSR count). The number of aryl methyl sites for hydroxylation is 1. The van der Waals surface area contributed by atoms with Gasteiger partial charge in [-0.3, -0.25) is 0 Å². The van der Waals surface area contributed by atoms with Crippen molar-refractivity contribution in [3.63, 3.8) is 0 Å². The number of benzene rings is 1. The number of nitrogens with one attached hydrogen (secondary N) is 2. The molecule has 1 aromatic heterocycles. The van der Waals surface area contributed by atoms with E-state index in [1.54, 1.807) is 6.33 Å². The highest BCUT2D eigenvalue weighted by molar-refractivity contribution is 5.47. The van der Waals surface area contributed by atoms with Crippen LogP contribution < -0.4 is 10.6 Å². The average molecular weight is 242 g/mol. The molecule has 1 unspecified atom stereocenters. The van der Waals surface area contributed by atoms with Crippen LogP contribution in [0.1, 0.15) is 24.1 Å². The van der Waals surface area contributed by atoms with Crippen LogP contribution in [0.3, 0.4) is 0 Å². The second-order valence-corrected chi connectivity index (χ2v) is 4.26. The summed E-state index contributed by atoms with van der Waals surface area (Å²) < 4.78 is 0. The maximum absolute atomic E-state index is 4.22. The molecule has 0 amide bonds. The molecule has 0 aliphatic heterocycles. The number of rotatable bonds is 4. The summed E-state index contributed by atoms with van der Waals surface area (Å²) in [6.45, 7) is 4.25. The Bertz CT molecular complexity index is 525. The minimum Gasteiger partial charge on any atom is -0.373 e. The van der Waals surface area contributed by atoms with E-state index in [-0.39, 0.29) is 6.04 Å². The molecule has 2 aromatic rings. The molecular weight excluding hydrogens is 224 g/mol. The van der Waals surface area contributed by atoms with Gasteiger partial charge in [0.05, 0.1) is 6.04 Å². The molecule has 4 heteroatoms. The quantitative estimate of drug-likeness (QED) is 0.865. The molecule has 1 heterocycles. The third-order valence-corrected chi connectivity index (χ3v) is 2.94. The van der Waals surface area contributed by atoms with Crippen molar-refractivity contribution in [1.82, 2.24) is 9.97 Å². The lowest BCUT2D eigenvalue weighted by Crippen LogP contribution is -2.09. The van der Waals surface area contributed by atoms with E-state index in [9.17, 15) is 0 Å². The molecule has 0 radical (unpaired) electrons. The molecule has 2 N–H and O–H groups in total. The molecule has 4 nitrogen and oxygen atoms in total. The van der Waals surface area contributed by atoms with Gasteiger partial charge in [0, 0.05) is 13.1 Å². The van der Waals surface area contributed by atoms with Gasteiger partial charge in [-0.25, -0.2) is 9.97 Å². The average Bonchev–Trinajstić information content (AvgIpc) is 2.39. The normalized spacial score (nSPS) is 11.9. The summed E-state index contributed by atoms with van der Waals surface area (Å²) in [5.74, 6) is 1.63. The molecule has 0 aliphatic rings. The molecule has 1 atom stereocenters. The fourth-order valence-electron chi connectivity index (χ4n) is 1.95. The first-order valence-corrected chi connectivity index (χ1v) is 6.02. The summed E-state index contributed by atoms with van der Waals surface area (Å²) in [5, 5.41) is 6.38. The van der Waals surface area contributed by atoms with Gasteiger partial charge in [0.15, 0.2) is 0 Å². The maximum Gasteiger partial charge on any atom is 0.131 e. The Morgan fingerprint density at radius 1 is 1.11 bits per heavy atom. The van der Waals surface area contributed by atoms with Crippen molar-refractivity contribution >= 4 is 11.6 Å². The Labute approximate surface area is 107 Å². The number of hydrogen-bond acceptors (Lipinski definition) is 4. The molecule has 0 fully saturated rings. The van der Waals surface area contributed by atoms with E-state index in [1.807, 2.05) is 13.1 Å². The monoisotopic (exact) mass is 242 g/mol. The largest absolute Gasteiger partial charge is 0.373 e. The molecule has 0 saturated carbocycles. The van der Waals surface area contributed by atoms with E-state index in [4.69, 9.17) is 0 Å². The van der Waals surface area contributed by atoms with E-state index in [0.717, 1.165) is 11.6 Å². The van der Waals surface area contributed by atoms with Crippen molar-refractivity contribution in [1.29, 1.82) is 0 Å². The lowest BCUT2D eigenvalue weighted by Gasteiger charge is -2.17. The first-order chi connectivity index (χ1) is 8.70. The molecular formula is C14H18N4. The van der Waals surface area contributed by atoms with Crippen molar-refractivity contribution in [2.75, 3.05) is 17.7 Å². The standard InChI is InChI=1S/C14H18N4/c1-10-6-4-5-7-12(10)11(2)18-14-8-13(15-3)16-9-17-14/h4-9,11H,1-3H3,(H2,15,16,17,18). The minimum atomic E-state index is 0.214. The highest BCUT2D eigenvalue weighted by Gasteiger charge is 2.08. The molecule has 94 valence electrons. The lowest BCUT2D eigenvalue weighted by molar-refractivity contribution is 0.862. The number of nitrogens with zero attached hydrogens (tertiary/aromatic N) is 2. The van der Waals surface area contributed by atoms with Crippen LogP contribution in [0.2, 0.25) is 0 Å². The van der Waals surface area contributed by atoms with Gasteiger partial charge in [-0.05, 0) is 25.0 Å². The zero-order chi connectivity index (χ0) is 13.0. The highest BCUT2D eigenvalue weighted by Crippen LogP contribution is 2.21. The van der Waals surface area contributed by atoms with Gasteiger partial charge in [-0.15, -0.1) is 0 Å². The SMILES string of the molecule is CNc1cc(NC(C)c2ccccc2C)ncn1. The second-order valence-electron chi connectivity index (χ2n) is 4.26. The van der Waals surface area contributed by atoms with Crippen molar-refractivity contribution in [3.8, 4) is 0 Å². The van der Waals surface area contributed by atoms with Gasteiger partial charge >= 0.3 is 0 Å². The summed E-state index contributed by atoms with van der Waals surface area (Å²) in [6.07, 6.45) is 1.55. The summed E-state index contributed by atoms with van der Waals surface area (Å²) in [6, 6.07) is 10.5. The topological polar surface area (TPSA) is 49.8 Å². The van der Waals surface area contributed by atoms with Crippen LogP contribution in [0.4, 0.5) is 11.6 Å². The van der Waals surface area contributed by atoms with Gasteiger partial charge in [0.25, 0.3) is 0 Å². The van der Waals surface area contributed by atoms with Crippen molar-refractivity contribution in [3.05, 3.63) is 47.8 Å². The van der Waals surface area contributed by atoms with Crippen molar-refractivity contribution in [2.24, 2.45) is 0 Å². The summed E-state index contributed by atoms with van der Waals surface area (Å²) in [7, 11) is 1.84. The number of aromatic nitrogens is 2. The molecule has 18 heavy (non-hydrogen) atoms. The first-order valence-electron chi connectivity index (χ1n) is 6.02. The van der Waals surface area contributed by atoms with Crippen LogP contribution >= 0.6 is 0 Å². The van der Waals surface area contributed by atoms with E-state index in [2.05, 4.69) is 58.7 Å². The van der Waals surface area contributed by atoms with Gasteiger partial charge in [-0.2, -0.15) is 0 Å². The Hall–Kier alpha value is -2.10. The molecule has 1 aromatic carbocycles. The predicted octanol–water partition coefficient (Wildman–Crippen LogP) is 3.00. The summed E-state index contributed by atoms with van der Waals surface area (Å²) in [5.41, 5.74) is 2.56. The van der Waals surface area contributed by atoms with Crippen molar-refractivity contribution < 1.29 is 0 Å². The van der Waals surface area contributed by atoms with Crippen LogP contribution in [0.5, 0.6) is 0 Å². The lowest BCUT2D eigenvalue weighted by atomic mass is 10.0. The van der Waals surface area contributed by atoms with E-state index in [0.29, 0.717) is 0 Å². The molecule has 0 spiro atoms. The van der Waals surface area contributed by atoms with Crippen LogP contribution in [0, 0.1) is 6.92 Å². The van der Waals surface area contributed by atoms with Gasteiger partial charge in [0.2, 0.25) is 0 Å². The second kappa shape index (κ2) is 5.49. The summed E-state index contributed by atoms with van der Waals surface area (Å²) >= 11 is 0. The van der Waals surface area contributed by atoms with Gasteiger partial charge < -0.3 is 10.6 Å². The van der Waals surface area contributed by atoms with E-state index < -0.39 is 0 Å². The zero-order valence-electron chi connectivity index (χ0n) is 10.9. The number of anilines is 2. The maximum atomic E-state index is 4.22. The zero-order valence-corrected chi connectivity index (χ0v) is 10.9. The third-order valence-electron chi connectivity index (χ3n) is 2.94. The van der Waals surface area contributed by atoms with Crippen LogP contribution in [-0.2, 0) is 0 Å². The summed E-state index contributed by atoms with van der Waals surface area (Å²) in [4.78, 5) is 8.31. The Morgan fingerprint density at radius 3 is 2.56 bits per heavy atom. The number of hydrogen-bond donors (Lipinski definition) is 2. The molecule has 0 saturated heterocycles. The van der Waals surface area contributed by atoms with E-state index in [1.165, 1.54) is 11.1 Å². The Morgan fingerprint density at radius 2 is 1.83 bits per heavy atom. The van der Waals surface area contributed by atoms with Crippen LogP contribution in [0.15, 0.2) is 36.7 Å². The Balaban J connectivity index is 2.16. The van der Waals surface area contributed by atoms with Crippen LogP contribution in [0.25, 0.3) is 0 Å².